The summed E-state index contributed by atoms with van der Waals surface area (Å²) in [6.45, 7) is 7.48. The highest BCUT2D eigenvalue weighted by molar-refractivity contribution is 6.02. The Bertz CT molecular complexity index is 542. The molecule has 0 spiro atoms. The third kappa shape index (κ3) is 3.84. The van der Waals surface area contributed by atoms with Crippen molar-refractivity contribution < 1.29 is 9.59 Å². The predicted octanol–water partition coefficient (Wildman–Crippen LogP) is 3.01. The van der Waals surface area contributed by atoms with Crippen molar-refractivity contribution in [1.82, 2.24) is 10.2 Å². The highest BCUT2D eigenvalue weighted by Gasteiger charge is 2.44. The second-order valence-corrected chi connectivity index (χ2v) is 6.44. The summed E-state index contributed by atoms with van der Waals surface area (Å²) in [5, 5.41) is 2.93. The summed E-state index contributed by atoms with van der Waals surface area (Å²) in [6.07, 6.45) is 3.20. The first-order valence-electron chi connectivity index (χ1n) is 8.41. The van der Waals surface area contributed by atoms with Crippen LogP contribution in [0, 0.1) is 0 Å². The van der Waals surface area contributed by atoms with Crippen molar-refractivity contribution in [2.45, 2.75) is 45.6 Å². The van der Waals surface area contributed by atoms with Gasteiger partial charge in [-0.05, 0) is 32.4 Å². The van der Waals surface area contributed by atoms with Crippen molar-refractivity contribution in [1.29, 1.82) is 0 Å². The van der Waals surface area contributed by atoms with Gasteiger partial charge in [-0.25, -0.2) is 4.79 Å². The Morgan fingerprint density at radius 2 is 1.87 bits per heavy atom. The van der Waals surface area contributed by atoms with Crippen molar-refractivity contribution in [2.24, 2.45) is 0 Å². The molecule has 126 valence electrons. The molecular weight excluding hydrogens is 290 g/mol. The second kappa shape index (κ2) is 7.49. The topological polar surface area (TPSA) is 52.7 Å². The highest BCUT2D eigenvalue weighted by atomic mass is 16.2. The van der Waals surface area contributed by atoms with E-state index in [-0.39, 0.29) is 11.9 Å². The molecule has 5 heteroatoms. The molecule has 0 saturated carbocycles. The lowest BCUT2D eigenvalue weighted by atomic mass is 9.97. The van der Waals surface area contributed by atoms with E-state index in [2.05, 4.69) is 12.2 Å². The first kappa shape index (κ1) is 17.3. The fourth-order valence-corrected chi connectivity index (χ4v) is 2.90. The van der Waals surface area contributed by atoms with Crippen LogP contribution in [0.15, 0.2) is 30.3 Å². The number of piperazine rings is 1. The number of benzene rings is 1. The summed E-state index contributed by atoms with van der Waals surface area (Å²) in [5.74, 6) is -0.0429. The number of urea groups is 1. The summed E-state index contributed by atoms with van der Waals surface area (Å²) < 4.78 is 0. The maximum absolute atomic E-state index is 12.8. The van der Waals surface area contributed by atoms with Crippen LogP contribution in [0.2, 0.25) is 0 Å². The van der Waals surface area contributed by atoms with Gasteiger partial charge in [0, 0.05) is 25.3 Å². The molecule has 1 aromatic carbocycles. The summed E-state index contributed by atoms with van der Waals surface area (Å²) in [7, 11) is 0. The summed E-state index contributed by atoms with van der Waals surface area (Å²) >= 11 is 0. The first-order valence-corrected chi connectivity index (χ1v) is 8.41. The smallest absolute Gasteiger partial charge is 0.318 e. The number of anilines is 1. The molecule has 0 radical (unpaired) electrons. The Morgan fingerprint density at radius 1 is 1.17 bits per heavy atom. The molecule has 0 atom stereocenters. The van der Waals surface area contributed by atoms with Crippen LogP contribution in [0.3, 0.4) is 0 Å². The molecule has 3 amide bonds. The molecule has 1 heterocycles. The first-order chi connectivity index (χ1) is 11.0. The average molecular weight is 317 g/mol. The fourth-order valence-electron chi connectivity index (χ4n) is 2.90. The lowest BCUT2D eigenvalue weighted by Gasteiger charge is -2.45. The average Bonchev–Trinajstić information content (AvgIpc) is 2.54. The molecule has 1 N–H and O–H groups in total. The minimum Gasteiger partial charge on any atom is -0.338 e. The van der Waals surface area contributed by atoms with Crippen molar-refractivity contribution in [3.63, 3.8) is 0 Å². The molecule has 1 aliphatic heterocycles. The second-order valence-electron chi connectivity index (χ2n) is 6.44. The predicted molar refractivity (Wildman–Crippen MR) is 92.5 cm³/mol. The standard InChI is InChI=1S/C18H27N3O2/c1-4-5-9-12-19-17(23)21-14-13-20(16(22)18(21,2)3)15-10-7-6-8-11-15/h6-8,10-11H,4-5,9,12-14H2,1-3H3,(H,19,23). The van der Waals surface area contributed by atoms with Gasteiger partial charge < -0.3 is 15.1 Å². The molecule has 1 aliphatic rings. The number of hydrogen-bond acceptors (Lipinski definition) is 2. The normalized spacial score (nSPS) is 17.3. The van der Waals surface area contributed by atoms with Gasteiger partial charge in [0.05, 0.1) is 0 Å². The summed E-state index contributed by atoms with van der Waals surface area (Å²) in [4.78, 5) is 28.7. The van der Waals surface area contributed by atoms with Crippen LogP contribution in [0.1, 0.15) is 40.0 Å². The molecule has 1 aromatic rings. The zero-order valence-corrected chi connectivity index (χ0v) is 14.3. The van der Waals surface area contributed by atoms with E-state index in [9.17, 15) is 9.59 Å². The van der Waals surface area contributed by atoms with E-state index in [1.54, 1.807) is 9.80 Å². The largest absolute Gasteiger partial charge is 0.338 e. The van der Waals surface area contributed by atoms with Crippen LogP contribution in [-0.4, -0.2) is 42.0 Å². The van der Waals surface area contributed by atoms with Crippen LogP contribution >= 0.6 is 0 Å². The third-order valence-corrected chi connectivity index (χ3v) is 4.36. The molecule has 0 aromatic heterocycles. The lowest BCUT2D eigenvalue weighted by Crippen LogP contribution is -2.66. The van der Waals surface area contributed by atoms with Crippen LogP contribution in [0.25, 0.3) is 0 Å². The van der Waals surface area contributed by atoms with Crippen molar-refractivity contribution in [3.8, 4) is 0 Å². The van der Waals surface area contributed by atoms with E-state index in [0.717, 1.165) is 24.9 Å². The Morgan fingerprint density at radius 3 is 2.52 bits per heavy atom. The van der Waals surface area contributed by atoms with Crippen LogP contribution in [0.4, 0.5) is 10.5 Å². The minimum absolute atomic E-state index is 0.0429. The zero-order chi connectivity index (χ0) is 16.9. The van der Waals surface area contributed by atoms with Gasteiger partial charge in [0.15, 0.2) is 0 Å². The summed E-state index contributed by atoms with van der Waals surface area (Å²) in [6, 6.07) is 9.47. The molecule has 5 nitrogen and oxygen atoms in total. The number of rotatable bonds is 5. The molecular formula is C18H27N3O2. The Hall–Kier alpha value is -2.04. The van der Waals surface area contributed by atoms with E-state index in [1.165, 1.54) is 0 Å². The number of hydrogen-bond donors (Lipinski definition) is 1. The van der Waals surface area contributed by atoms with Gasteiger partial charge in [0.1, 0.15) is 5.54 Å². The molecule has 0 aliphatic carbocycles. The van der Waals surface area contributed by atoms with Gasteiger partial charge in [-0.1, -0.05) is 38.0 Å². The Kier molecular flexibility index (Phi) is 5.64. The highest BCUT2D eigenvalue weighted by Crippen LogP contribution is 2.26. The number of amides is 3. The number of nitrogens with zero attached hydrogens (tertiary/aromatic N) is 2. The van der Waals surface area contributed by atoms with Crippen LogP contribution in [-0.2, 0) is 4.79 Å². The van der Waals surface area contributed by atoms with E-state index < -0.39 is 5.54 Å². The SMILES string of the molecule is CCCCCNC(=O)N1CCN(c2ccccc2)C(=O)C1(C)C. The van der Waals surface area contributed by atoms with Gasteiger partial charge in [0.2, 0.25) is 0 Å². The number of nitrogens with one attached hydrogen (secondary N) is 1. The van der Waals surface area contributed by atoms with Crippen molar-refractivity contribution in [3.05, 3.63) is 30.3 Å². The van der Waals surface area contributed by atoms with Gasteiger partial charge in [-0.2, -0.15) is 0 Å². The van der Waals surface area contributed by atoms with Crippen molar-refractivity contribution >= 4 is 17.6 Å². The number of para-hydroxylation sites is 1. The minimum atomic E-state index is -0.844. The van der Waals surface area contributed by atoms with Gasteiger partial charge >= 0.3 is 6.03 Å². The van der Waals surface area contributed by atoms with Crippen molar-refractivity contribution in [2.75, 3.05) is 24.5 Å². The van der Waals surface area contributed by atoms with E-state index in [4.69, 9.17) is 0 Å². The van der Waals surface area contributed by atoms with Crippen LogP contribution < -0.4 is 10.2 Å². The lowest BCUT2D eigenvalue weighted by molar-refractivity contribution is -0.129. The molecule has 0 unspecified atom stereocenters. The maximum atomic E-state index is 12.8. The zero-order valence-electron chi connectivity index (χ0n) is 14.3. The van der Waals surface area contributed by atoms with Gasteiger partial charge in [0.25, 0.3) is 5.91 Å². The Labute approximate surface area is 138 Å². The van der Waals surface area contributed by atoms with Gasteiger partial charge in [-0.15, -0.1) is 0 Å². The monoisotopic (exact) mass is 317 g/mol. The fraction of sp³-hybridized carbons (Fsp3) is 0.556. The van der Waals surface area contributed by atoms with Gasteiger partial charge in [-0.3, -0.25) is 4.79 Å². The number of unbranched alkanes of at least 4 members (excludes halogenated alkanes) is 2. The number of carbonyl (C=O) groups excluding carboxylic acids is 2. The van der Waals surface area contributed by atoms with E-state index in [1.807, 2.05) is 44.2 Å². The molecule has 1 fully saturated rings. The number of carbonyl (C=O) groups is 2. The molecule has 23 heavy (non-hydrogen) atoms. The molecule has 0 bridgehead atoms. The third-order valence-electron chi connectivity index (χ3n) is 4.36. The van der Waals surface area contributed by atoms with E-state index in [0.29, 0.717) is 19.6 Å². The molecule has 2 rings (SSSR count). The Balaban J connectivity index is 2.03. The van der Waals surface area contributed by atoms with E-state index >= 15 is 0 Å². The van der Waals surface area contributed by atoms with Crippen LogP contribution in [0.5, 0.6) is 0 Å². The quantitative estimate of drug-likeness (QED) is 0.849. The maximum Gasteiger partial charge on any atom is 0.318 e. The molecule has 1 saturated heterocycles. The summed E-state index contributed by atoms with van der Waals surface area (Å²) in [5.41, 5.74) is 0.0386.